The number of likely N-dealkylation sites (tertiary alicyclic amines) is 1. The highest BCUT2D eigenvalue weighted by Gasteiger charge is 2.46. The largest absolute Gasteiger partial charge is 0.418 e. The number of primary amides is 1. The number of hydrogen-bond donors (Lipinski definition) is 2. The van der Waals surface area contributed by atoms with Crippen LogP contribution in [0.1, 0.15) is 29.5 Å². The van der Waals surface area contributed by atoms with Crippen LogP contribution in [0.4, 0.5) is 32.0 Å². The highest BCUT2D eigenvalue weighted by atomic mass is 32.2. The zero-order valence-electron chi connectivity index (χ0n) is 22.6. The van der Waals surface area contributed by atoms with Crippen molar-refractivity contribution in [2.75, 3.05) is 51.8 Å². The van der Waals surface area contributed by atoms with Crippen molar-refractivity contribution in [3.63, 3.8) is 0 Å². The standard InChI is InChI=1S/C28H30F6N4O3S/c1-37-11-9-26(10-12-37,25(35)40)36-19-3-2-4-20(17-19)42-21-7-5-18(6-8-22(39)38-13-15-41-16-14-38)23(27(29,30)31)24(21)28(32,33)34/h2-8,17,36H,9-16H2,1H3,(H2,35,40)/b8-6+. The lowest BCUT2D eigenvalue weighted by atomic mass is 9.86. The Morgan fingerprint density at radius 1 is 0.976 bits per heavy atom. The molecule has 2 aliphatic heterocycles. The van der Waals surface area contributed by atoms with Gasteiger partial charge in [0.05, 0.1) is 24.3 Å². The number of rotatable bonds is 7. The van der Waals surface area contributed by atoms with Gasteiger partial charge in [-0.1, -0.05) is 23.9 Å². The first-order chi connectivity index (χ1) is 19.7. The molecule has 2 amide bonds. The van der Waals surface area contributed by atoms with E-state index in [4.69, 9.17) is 10.5 Å². The van der Waals surface area contributed by atoms with E-state index in [1.807, 2.05) is 11.9 Å². The molecule has 0 bridgehead atoms. The molecular weight excluding hydrogens is 586 g/mol. The van der Waals surface area contributed by atoms with E-state index in [1.54, 1.807) is 6.07 Å². The fraction of sp³-hybridized carbons (Fsp3) is 0.429. The average Bonchev–Trinajstić information content (AvgIpc) is 2.92. The highest BCUT2D eigenvalue weighted by molar-refractivity contribution is 7.99. The van der Waals surface area contributed by atoms with Crippen LogP contribution in [0, 0.1) is 0 Å². The minimum Gasteiger partial charge on any atom is -0.378 e. The Morgan fingerprint density at radius 3 is 2.21 bits per heavy atom. The molecule has 7 nitrogen and oxygen atoms in total. The number of carbonyl (C=O) groups excluding carboxylic acids is 2. The van der Waals surface area contributed by atoms with Crippen LogP contribution < -0.4 is 11.1 Å². The average molecular weight is 617 g/mol. The minimum atomic E-state index is -5.37. The van der Waals surface area contributed by atoms with Crippen LogP contribution >= 0.6 is 11.8 Å². The quantitative estimate of drug-likeness (QED) is 0.332. The molecule has 2 heterocycles. The third-order valence-corrected chi connectivity index (χ3v) is 8.30. The SMILES string of the molecule is CN1CCC(Nc2cccc(Sc3ccc(/C=C/C(=O)N4CCOCC4)c(C(F)(F)F)c3C(F)(F)F)c2)(C(N)=O)CC1. The second-order valence-electron chi connectivity index (χ2n) is 10.2. The van der Waals surface area contributed by atoms with Crippen molar-refractivity contribution < 1.29 is 40.7 Å². The minimum absolute atomic E-state index is 0.219. The number of halogens is 6. The van der Waals surface area contributed by atoms with E-state index < -0.39 is 51.3 Å². The van der Waals surface area contributed by atoms with Gasteiger partial charge in [0.15, 0.2) is 0 Å². The number of carbonyl (C=O) groups is 2. The van der Waals surface area contributed by atoms with E-state index in [0.29, 0.717) is 43.4 Å². The van der Waals surface area contributed by atoms with Crippen molar-refractivity contribution in [1.82, 2.24) is 9.80 Å². The number of alkyl halides is 6. The monoisotopic (exact) mass is 616 g/mol. The highest BCUT2D eigenvalue weighted by Crippen LogP contribution is 2.48. The van der Waals surface area contributed by atoms with E-state index >= 15 is 0 Å². The summed E-state index contributed by atoms with van der Waals surface area (Å²) in [4.78, 5) is 27.7. The number of nitrogens with zero attached hydrogens (tertiary/aromatic N) is 2. The van der Waals surface area contributed by atoms with E-state index in [0.717, 1.165) is 24.3 Å². The number of nitrogens with two attached hydrogens (primary N) is 1. The molecule has 2 aromatic rings. The maximum absolute atomic E-state index is 14.3. The molecule has 4 rings (SSSR count). The Hall–Kier alpha value is -3.23. The maximum atomic E-state index is 14.3. The van der Waals surface area contributed by atoms with Crippen LogP contribution in [0.5, 0.6) is 0 Å². The molecule has 228 valence electrons. The Labute approximate surface area is 243 Å². The predicted octanol–water partition coefficient (Wildman–Crippen LogP) is 5.11. The number of morpholine rings is 1. The van der Waals surface area contributed by atoms with Gasteiger partial charge in [0, 0.05) is 47.7 Å². The number of piperidine rings is 1. The zero-order valence-corrected chi connectivity index (χ0v) is 23.5. The summed E-state index contributed by atoms with van der Waals surface area (Å²) in [6, 6.07) is 7.95. The molecular formula is C28H30F6N4O3S. The lowest BCUT2D eigenvalue weighted by Gasteiger charge is -2.39. The molecule has 2 fully saturated rings. The second kappa shape index (κ2) is 12.6. The van der Waals surface area contributed by atoms with Gasteiger partial charge in [-0.15, -0.1) is 0 Å². The lowest BCUT2D eigenvalue weighted by molar-refractivity contribution is -0.163. The first-order valence-corrected chi connectivity index (χ1v) is 13.9. The Bertz CT molecular complexity index is 1330. The molecule has 0 radical (unpaired) electrons. The van der Waals surface area contributed by atoms with Crippen molar-refractivity contribution in [2.24, 2.45) is 5.73 Å². The molecule has 0 saturated carbocycles. The molecule has 14 heteroatoms. The van der Waals surface area contributed by atoms with Crippen molar-refractivity contribution >= 4 is 35.3 Å². The summed E-state index contributed by atoms with van der Waals surface area (Å²) in [6.45, 7) is 2.16. The van der Waals surface area contributed by atoms with Crippen LogP contribution in [-0.4, -0.2) is 73.6 Å². The van der Waals surface area contributed by atoms with E-state index in [-0.39, 0.29) is 31.2 Å². The summed E-state index contributed by atoms with van der Waals surface area (Å²) in [5, 5.41) is 3.11. The number of nitrogens with one attached hydrogen (secondary N) is 1. The van der Waals surface area contributed by atoms with Gasteiger partial charge in [-0.05, 0) is 55.8 Å². The third-order valence-electron chi connectivity index (χ3n) is 7.25. The van der Waals surface area contributed by atoms with Crippen molar-refractivity contribution in [3.05, 3.63) is 59.2 Å². The molecule has 2 saturated heterocycles. The summed E-state index contributed by atoms with van der Waals surface area (Å²) in [7, 11) is 1.90. The molecule has 2 aliphatic rings. The van der Waals surface area contributed by atoms with Crippen LogP contribution in [0.15, 0.2) is 52.3 Å². The Balaban J connectivity index is 1.67. The van der Waals surface area contributed by atoms with E-state index in [1.165, 1.54) is 23.1 Å². The van der Waals surface area contributed by atoms with Crippen LogP contribution in [0.3, 0.4) is 0 Å². The molecule has 0 aliphatic carbocycles. The van der Waals surface area contributed by atoms with Crippen LogP contribution in [0.25, 0.3) is 6.08 Å². The van der Waals surface area contributed by atoms with Gasteiger partial charge in [0.2, 0.25) is 11.8 Å². The number of anilines is 1. The van der Waals surface area contributed by atoms with Gasteiger partial charge in [0.25, 0.3) is 0 Å². The zero-order chi connectivity index (χ0) is 30.7. The predicted molar refractivity (Wildman–Crippen MR) is 146 cm³/mol. The molecule has 3 N–H and O–H groups in total. The summed E-state index contributed by atoms with van der Waals surface area (Å²) >= 11 is 0.514. The molecule has 0 aromatic heterocycles. The summed E-state index contributed by atoms with van der Waals surface area (Å²) < 4.78 is 90.6. The summed E-state index contributed by atoms with van der Waals surface area (Å²) in [6.07, 6.45) is -8.30. The van der Waals surface area contributed by atoms with E-state index in [9.17, 15) is 35.9 Å². The van der Waals surface area contributed by atoms with E-state index in [2.05, 4.69) is 5.32 Å². The molecule has 0 spiro atoms. The van der Waals surface area contributed by atoms with Gasteiger partial charge in [0.1, 0.15) is 5.54 Å². The van der Waals surface area contributed by atoms with Crippen molar-refractivity contribution in [1.29, 1.82) is 0 Å². The topological polar surface area (TPSA) is 87.9 Å². The normalized spacial score (nSPS) is 18.3. The number of benzene rings is 2. The van der Waals surface area contributed by atoms with Gasteiger partial charge in [-0.25, -0.2) is 0 Å². The Morgan fingerprint density at radius 2 is 1.62 bits per heavy atom. The smallest absolute Gasteiger partial charge is 0.378 e. The summed E-state index contributed by atoms with van der Waals surface area (Å²) in [5.74, 6) is -1.19. The fourth-order valence-corrected chi connectivity index (χ4v) is 5.98. The number of amides is 2. The first-order valence-electron chi connectivity index (χ1n) is 13.1. The van der Waals surface area contributed by atoms with Gasteiger partial charge >= 0.3 is 12.4 Å². The molecule has 42 heavy (non-hydrogen) atoms. The van der Waals surface area contributed by atoms with Crippen molar-refractivity contribution in [2.45, 2.75) is 40.5 Å². The fourth-order valence-electron chi connectivity index (χ4n) is 4.93. The Kier molecular flexibility index (Phi) is 9.48. The van der Waals surface area contributed by atoms with Crippen molar-refractivity contribution in [3.8, 4) is 0 Å². The molecule has 2 aromatic carbocycles. The first kappa shape index (κ1) is 31.7. The number of hydrogen-bond acceptors (Lipinski definition) is 6. The second-order valence-corrected chi connectivity index (χ2v) is 11.3. The lowest BCUT2D eigenvalue weighted by Crippen LogP contribution is -2.56. The third kappa shape index (κ3) is 7.39. The number of ether oxygens (including phenoxy) is 1. The maximum Gasteiger partial charge on any atom is 0.418 e. The molecule has 0 atom stereocenters. The van der Waals surface area contributed by atoms with Gasteiger partial charge < -0.3 is 25.6 Å². The van der Waals surface area contributed by atoms with Gasteiger partial charge in [-0.3, -0.25) is 9.59 Å². The van der Waals surface area contributed by atoms with Gasteiger partial charge in [-0.2, -0.15) is 26.3 Å². The summed E-state index contributed by atoms with van der Waals surface area (Å²) in [5.41, 5.74) is 0.525. The van der Waals surface area contributed by atoms with Crippen LogP contribution in [-0.2, 0) is 26.7 Å². The van der Waals surface area contributed by atoms with Crippen LogP contribution in [0.2, 0.25) is 0 Å². The molecule has 0 unspecified atom stereocenters.